The molecule has 2 heteroatoms. The molecule has 1 N–H and O–H groups in total. The van der Waals surface area contributed by atoms with Crippen LogP contribution in [-0.2, 0) is 4.74 Å². The van der Waals surface area contributed by atoms with Crippen molar-refractivity contribution in [3.63, 3.8) is 0 Å². The average molecular weight is 189 g/mol. The fraction of sp³-hybridized carbons (Fsp3) is 0.333. The van der Waals surface area contributed by atoms with Crippen molar-refractivity contribution in [3.05, 3.63) is 42.0 Å². The number of ether oxygens (including phenoxy) is 1. The molecule has 0 radical (unpaired) electrons. The van der Waals surface area contributed by atoms with Gasteiger partial charge in [0.05, 0.1) is 12.7 Å². The predicted molar refractivity (Wildman–Crippen MR) is 58.1 cm³/mol. The van der Waals surface area contributed by atoms with Crippen LogP contribution in [0.15, 0.2) is 36.4 Å². The maximum atomic E-state index is 5.55. The SMILES string of the molecule is C(=C\c1ccccc1)/COC1CNC1. The standard InChI is InChI=1S/C12H15NO/c1-2-5-11(6-3-1)7-4-8-14-12-9-13-10-12/h1-7,12-13H,8-10H2/b7-4+. The Labute approximate surface area is 84.6 Å². The third-order valence-corrected chi connectivity index (χ3v) is 2.28. The first-order chi connectivity index (χ1) is 6.95. The molecular formula is C12H15NO. The van der Waals surface area contributed by atoms with Crippen LogP contribution >= 0.6 is 0 Å². The molecule has 14 heavy (non-hydrogen) atoms. The Hall–Kier alpha value is -1.12. The van der Waals surface area contributed by atoms with Gasteiger partial charge < -0.3 is 10.1 Å². The Morgan fingerprint density at radius 1 is 1.29 bits per heavy atom. The quantitative estimate of drug-likeness (QED) is 0.778. The number of rotatable bonds is 4. The van der Waals surface area contributed by atoms with Crippen molar-refractivity contribution in [3.8, 4) is 0 Å². The summed E-state index contributed by atoms with van der Waals surface area (Å²) in [6, 6.07) is 10.3. The Morgan fingerprint density at radius 3 is 2.71 bits per heavy atom. The zero-order chi connectivity index (χ0) is 9.64. The molecule has 0 spiro atoms. The smallest absolute Gasteiger partial charge is 0.0827 e. The van der Waals surface area contributed by atoms with Crippen LogP contribution in [0.5, 0.6) is 0 Å². The van der Waals surface area contributed by atoms with Crippen molar-refractivity contribution in [1.29, 1.82) is 0 Å². The molecule has 1 aromatic carbocycles. The van der Waals surface area contributed by atoms with Crippen LogP contribution in [0.1, 0.15) is 5.56 Å². The van der Waals surface area contributed by atoms with Crippen LogP contribution in [0.25, 0.3) is 6.08 Å². The summed E-state index contributed by atoms with van der Waals surface area (Å²) in [4.78, 5) is 0. The summed E-state index contributed by atoms with van der Waals surface area (Å²) < 4.78 is 5.55. The summed E-state index contributed by atoms with van der Waals surface area (Å²) >= 11 is 0. The zero-order valence-corrected chi connectivity index (χ0v) is 8.15. The molecule has 0 aliphatic carbocycles. The first-order valence-electron chi connectivity index (χ1n) is 4.99. The highest BCUT2D eigenvalue weighted by Crippen LogP contribution is 2.02. The maximum absolute atomic E-state index is 5.55. The molecule has 0 unspecified atom stereocenters. The van der Waals surface area contributed by atoms with E-state index in [0.29, 0.717) is 12.7 Å². The predicted octanol–water partition coefficient (Wildman–Crippen LogP) is 1.69. The van der Waals surface area contributed by atoms with Crippen LogP contribution in [-0.4, -0.2) is 25.8 Å². The topological polar surface area (TPSA) is 21.3 Å². The lowest BCUT2D eigenvalue weighted by Gasteiger charge is -2.26. The van der Waals surface area contributed by atoms with Crippen molar-refractivity contribution in [1.82, 2.24) is 5.32 Å². The van der Waals surface area contributed by atoms with E-state index in [1.165, 1.54) is 5.56 Å². The third-order valence-electron chi connectivity index (χ3n) is 2.28. The number of hydrogen-bond donors (Lipinski definition) is 1. The van der Waals surface area contributed by atoms with Gasteiger partial charge in [-0.05, 0) is 5.56 Å². The third kappa shape index (κ3) is 2.69. The van der Waals surface area contributed by atoms with Gasteiger partial charge in [-0.1, -0.05) is 42.5 Å². The number of nitrogens with one attached hydrogen (secondary N) is 1. The molecule has 1 aliphatic heterocycles. The molecule has 1 heterocycles. The van der Waals surface area contributed by atoms with Gasteiger partial charge in [-0.25, -0.2) is 0 Å². The van der Waals surface area contributed by atoms with Gasteiger partial charge in [0.25, 0.3) is 0 Å². The summed E-state index contributed by atoms with van der Waals surface area (Å²) in [5.41, 5.74) is 1.22. The molecule has 0 bridgehead atoms. The lowest BCUT2D eigenvalue weighted by Crippen LogP contribution is -2.48. The molecule has 1 fully saturated rings. The molecule has 0 atom stereocenters. The number of hydrogen-bond acceptors (Lipinski definition) is 2. The van der Waals surface area contributed by atoms with Crippen molar-refractivity contribution in [2.75, 3.05) is 19.7 Å². The highest BCUT2D eigenvalue weighted by Gasteiger charge is 2.15. The van der Waals surface area contributed by atoms with Crippen LogP contribution in [0.3, 0.4) is 0 Å². The monoisotopic (exact) mass is 189 g/mol. The normalized spacial score (nSPS) is 17.1. The maximum Gasteiger partial charge on any atom is 0.0827 e. The van der Waals surface area contributed by atoms with Crippen LogP contribution in [0.4, 0.5) is 0 Å². The lowest BCUT2D eigenvalue weighted by molar-refractivity contribution is 0.0366. The van der Waals surface area contributed by atoms with E-state index in [1.807, 2.05) is 18.2 Å². The molecule has 1 aliphatic rings. The molecule has 1 aromatic rings. The fourth-order valence-electron chi connectivity index (χ4n) is 1.32. The zero-order valence-electron chi connectivity index (χ0n) is 8.15. The average Bonchev–Trinajstić information content (AvgIpc) is 2.16. The highest BCUT2D eigenvalue weighted by atomic mass is 16.5. The van der Waals surface area contributed by atoms with E-state index in [9.17, 15) is 0 Å². The van der Waals surface area contributed by atoms with Gasteiger partial charge in [0, 0.05) is 13.1 Å². The van der Waals surface area contributed by atoms with Crippen molar-refractivity contribution >= 4 is 6.08 Å². The highest BCUT2D eigenvalue weighted by molar-refractivity contribution is 5.48. The largest absolute Gasteiger partial charge is 0.372 e. The second-order valence-electron chi connectivity index (χ2n) is 3.43. The molecule has 0 saturated carbocycles. The Kier molecular flexibility index (Phi) is 3.33. The molecule has 0 amide bonds. The van der Waals surface area contributed by atoms with Gasteiger partial charge in [-0.3, -0.25) is 0 Å². The minimum atomic E-state index is 0.426. The van der Waals surface area contributed by atoms with Crippen molar-refractivity contribution < 1.29 is 4.74 Å². The van der Waals surface area contributed by atoms with Crippen molar-refractivity contribution in [2.24, 2.45) is 0 Å². The summed E-state index contributed by atoms with van der Waals surface area (Å²) in [5, 5.41) is 3.17. The molecule has 0 aromatic heterocycles. The molecule has 74 valence electrons. The summed E-state index contributed by atoms with van der Waals surface area (Å²) in [6.45, 7) is 2.71. The first-order valence-corrected chi connectivity index (χ1v) is 4.99. The van der Waals surface area contributed by atoms with E-state index in [2.05, 4.69) is 29.6 Å². The molecule has 1 saturated heterocycles. The van der Waals surface area contributed by atoms with E-state index in [0.717, 1.165) is 13.1 Å². The fourth-order valence-corrected chi connectivity index (χ4v) is 1.32. The van der Waals surface area contributed by atoms with Gasteiger partial charge >= 0.3 is 0 Å². The van der Waals surface area contributed by atoms with Crippen LogP contribution < -0.4 is 5.32 Å². The van der Waals surface area contributed by atoms with E-state index in [4.69, 9.17) is 4.74 Å². The lowest BCUT2D eigenvalue weighted by atomic mass is 10.2. The Bertz CT molecular complexity index is 290. The van der Waals surface area contributed by atoms with Crippen LogP contribution in [0, 0.1) is 0 Å². The Morgan fingerprint density at radius 2 is 2.07 bits per heavy atom. The van der Waals surface area contributed by atoms with Gasteiger partial charge in [0.2, 0.25) is 0 Å². The summed E-state index contributed by atoms with van der Waals surface area (Å²) in [6.07, 6.45) is 4.58. The minimum Gasteiger partial charge on any atom is -0.372 e. The van der Waals surface area contributed by atoms with Gasteiger partial charge in [0.15, 0.2) is 0 Å². The van der Waals surface area contributed by atoms with Gasteiger partial charge in [-0.15, -0.1) is 0 Å². The first kappa shape index (κ1) is 9.44. The van der Waals surface area contributed by atoms with E-state index in [-0.39, 0.29) is 0 Å². The molecule has 2 nitrogen and oxygen atoms in total. The van der Waals surface area contributed by atoms with E-state index in [1.54, 1.807) is 0 Å². The summed E-state index contributed by atoms with van der Waals surface area (Å²) in [5.74, 6) is 0. The second kappa shape index (κ2) is 4.94. The van der Waals surface area contributed by atoms with Gasteiger partial charge in [0.1, 0.15) is 0 Å². The van der Waals surface area contributed by atoms with Crippen molar-refractivity contribution in [2.45, 2.75) is 6.10 Å². The second-order valence-corrected chi connectivity index (χ2v) is 3.43. The molecule has 2 rings (SSSR count). The van der Waals surface area contributed by atoms with Gasteiger partial charge in [-0.2, -0.15) is 0 Å². The molecular weight excluding hydrogens is 174 g/mol. The Balaban J connectivity index is 1.71. The van der Waals surface area contributed by atoms with Crippen LogP contribution in [0.2, 0.25) is 0 Å². The van der Waals surface area contributed by atoms with E-state index < -0.39 is 0 Å². The summed E-state index contributed by atoms with van der Waals surface area (Å²) in [7, 11) is 0. The minimum absolute atomic E-state index is 0.426. The van der Waals surface area contributed by atoms with E-state index >= 15 is 0 Å². The number of benzene rings is 1.